The van der Waals surface area contributed by atoms with Gasteiger partial charge in [-0.3, -0.25) is 4.79 Å². The molecule has 0 bridgehead atoms. The van der Waals surface area contributed by atoms with Crippen LogP contribution in [0.15, 0.2) is 24.3 Å². The maximum atomic E-state index is 11.9. The Hall–Kier alpha value is -0.860. The summed E-state index contributed by atoms with van der Waals surface area (Å²) < 4.78 is 0. The van der Waals surface area contributed by atoms with Crippen molar-refractivity contribution in [2.45, 2.75) is 38.7 Å². The van der Waals surface area contributed by atoms with Crippen LogP contribution in [-0.4, -0.2) is 16.5 Å². The molecule has 0 aliphatic rings. The van der Waals surface area contributed by atoms with E-state index in [2.05, 4.69) is 0 Å². The first-order chi connectivity index (χ1) is 7.51. The Morgan fingerprint density at radius 1 is 1.38 bits per heavy atom. The molecule has 88 valence electrons. The molecule has 0 unspecified atom stereocenters. The Balaban J connectivity index is 2.78. The molecule has 1 rings (SSSR count). The van der Waals surface area contributed by atoms with Gasteiger partial charge in [-0.1, -0.05) is 37.6 Å². The van der Waals surface area contributed by atoms with Gasteiger partial charge in [0.25, 0.3) is 0 Å². The second-order valence-corrected chi connectivity index (χ2v) is 4.41. The zero-order chi connectivity index (χ0) is 12.2. The molecular formula is C13H17ClO2. The van der Waals surface area contributed by atoms with E-state index in [1.807, 2.05) is 26.0 Å². The number of hydrogen-bond donors (Lipinski definition) is 1. The number of aliphatic hydroxyl groups is 1. The highest BCUT2D eigenvalue weighted by Crippen LogP contribution is 2.19. The minimum absolute atomic E-state index is 0.139. The Kier molecular flexibility index (Phi) is 4.51. The van der Waals surface area contributed by atoms with Crippen LogP contribution >= 0.6 is 11.6 Å². The summed E-state index contributed by atoms with van der Waals surface area (Å²) in [6.45, 7) is 3.64. The Bertz CT molecular complexity index is 370. The third kappa shape index (κ3) is 3.06. The van der Waals surface area contributed by atoms with Crippen LogP contribution in [-0.2, 0) is 11.2 Å². The summed E-state index contributed by atoms with van der Waals surface area (Å²) in [4.78, 5) is 11.9. The zero-order valence-corrected chi connectivity index (χ0v) is 10.4. The molecule has 0 saturated heterocycles. The van der Waals surface area contributed by atoms with E-state index in [1.54, 1.807) is 12.1 Å². The van der Waals surface area contributed by atoms with Gasteiger partial charge >= 0.3 is 0 Å². The summed E-state index contributed by atoms with van der Waals surface area (Å²) in [5.41, 5.74) is -0.347. The predicted molar refractivity (Wildman–Crippen MR) is 65.7 cm³/mol. The van der Waals surface area contributed by atoms with Crippen molar-refractivity contribution in [2.75, 3.05) is 0 Å². The highest BCUT2D eigenvalue weighted by Gasteiger charge is 2.31. The molecule has 3 heteroatoms. The van der Waals surface area contributed by atoms with Crippen LogP contribution in [0.4, 0.5) is 0 Å². The van der Waals surface area contributed by atoms with Crippen LogP contribution in [0.2, 0.25) is 5.02 Å². The fourth-order valence-electron chi connectivity index (χ4n) is 1.64. The molecule has 0 amide bonds. The van der Waals surface area contributed by atoms with Crippen molar-refractivity contribution in [1.82, 2.24) is 0 Å². The summed E-state index contributed by atoms with van der Waals surface area (Å²) in [6, 6.07) is 7.17. The molecule has 0 fully saturated rings. The van der Waals surface area contributed by atoms with Gasteiger partial charge in [-0.2, -0.15) is 0 Å². The molecule has 0 atom stereocenters. The molecule has 1 N–H and O–H groups in total. The Labute approximate surface area is 101 Å². The number of benzene rings is 1. The first-order valence-corrected chi connectivity index (χ1v) is 5.89. The lowest BCUT2D eigenvalue weighted by Gasteiger charge is -2.23. The molecule has 0 spiro atoms. The van der Waals surface area contributed by atoms with E-state index in [9.17, 15) is 9.90 Å². The van der Waals surface area contributed by atoms with Crippen molar-refractivity contribution >= 4 is 17.4 Å². The van der Waals surface area contributed by atoms with Gasteiger partial charge in [0.15, 0.2) is 5.78 Å². The van der Waals surface area contributed by atoms with E-state index in [4.69, 9.17) is 11.6 Å². The lowest BCUT2D eigenvalue weighted by molar-refractivity contribution is -0.137. The van der Waals surface area contributed by atoms with Gasteiger partial charge < -0.3 is 5.11 Å². The number of rotatable bonds is 5. The summed E-state index contributed by atoms with van der Waals surface area (Å²) >= 11 is 5.84. The lowest BCUT2D eigenvalue weighted by Crippen LogP contribution is -2.38. The molecule has 0 aliphatic carbocycles. The van der Waals surface area contributed by atoms with Crippen LogP contribution in [0.1, 0.15) is 32.3 Å². The largest absolute Gasteiger partial charge is 0.382 e. The van der Waals surface area contributed by atoms with E-state index in [0.29, 0.717) is 17.9 Å². The van der Waals surface area contributed by atoms with Gasteiger partial charge in [-0.25, -0.2) is 0 Å². The molecular weight excluding hydrogens is 224 g/mol. The molecule has 0 heterocycles. The first kappa shape index (κ1) is 13.2. The standard InChI is InChI=1S/C13H17ClO2/c1-3-13(16,4-2)12(15)9-10-6-5-7-11(14)8-10/h5-8,16H,3-4,9H2,1-2H3. The van der Waals surface area contributed by atoms with Gasteiger partial charge in [0, 0.05) is 11.4 Å². The summed E-state index contributed by atoms with van der Waals surface area (Å²) in [7, 11) is 0. The van der Waals surface area contributed by atoms with Gasteiger partial charge in [0.05, 0.1) is 0 Å². The normalized spacial score (nSPS) is 11.5. The van der Waals surface area contributed by atoms with Crippen molar-refractivity contribution in [1.29, 1.82) is 0 Å². The summed E-state index contributed by atoms with van der Waals surface area (Å²) in [6.07, 6.45) is 1.13. The maximum Gasteiger partial charge on any atom is 0.168 e. The Morgan fingerprint density at radius 3 is 2.50 bits per heavy atom. The third-order valence-corrected chi connectivity index (χ3v) is 3.18. The molecule has 0 aromatic heterocycles. The van der Waals surface area contributed by atoms with Crippen molar-refractivity contribution < 1.29 is 9.90 Å². The van der Waals surface area contributed by atoms with E-state index < -0.39 is 5.60 Å². The van der Waals surface area contributed by atoms with Gasteiger partial charge in [-0.15, -0.1) is 0 Å². The van der Waals surface area contributed by atoms with Crippen LogP contribution in [0.3, 0.4) is 0 Å². The lowest BCUT2D eigenvalue weighted by atomic mass is 9.88. The van der Waals surface area contributed by atoms with Crippen molar-refractivity contribution in [2.24, 2.45) is 0 Å². The second kappa shape index (κ2) is 5.46. The van der Waals surface area contributed by atoms with Crippen molar-refractivity contribution in [3.05, 3.63) is 34.9 Å². The average molecular weight is 241 g/mol. The second-order valence-electron chi connectivity index (χ2n) is 3.97. The fourth-order valence-corrected chi connectivity index (χ4v) is 1.85. The number of ketones is 1. The molecule has 0 saturated carbocycles. The number of Topliss-reactive ketones (excluding diaryl/α,β-unsaturated/α-hetero) is 1. The Morgan fingerprint density at radius 2 is 2.00 bits per heavy atom. The molecule has 0 radical (unpaired) electrons. The number of halogens is 1. The maximum absolute atomic E-state index is 11.9. The number of hydrogen-bond acceptors (Lipinski definition) is 2. The molecule has 0 aliphatic heterocycles. The van der Waals surface area contributed by atoms with Gasteiger partial charge in [0.1, 0.15) is 5.60 Å². The third-order valence-electron chi connectivity index (χ3n) is 2.94. The average Bonchev–Trinajstić information content (AvgIpc) is 2.28. The van der Waals surface area contributed by atoms with E-state index >= 15 is 0 Å². The van der Waals surface area contributed by atoms with Crippen LogP contribution < -0.4 is 0 Å². The van der Waals surface area contributed by atoms with E-state index in [-0.39, 0.29) is 12.2 Å². The molecule has 1 aromatic carbocycles. The monoisotopic (exact) mass is 240 g/mol. The number of carbonyl (C=O) groups is 1. The van der Waals surface area contributed by atoms with Crippen LogP contribution in [0.25, 0.3) is 0 Å². The molecule has 1 aromatic rings. The van der Waals surface area contributed by atoms with Crippen LogP contribution in [0.5, 0.6) is 0 Å². The van der Waals surface area contributed by atoms with Crippen molar-refractivity contribution in [3.63, 3.8) is 0 Å². The smallest absolute Gasteiger partial charge is 0.168 e. The first-order valence-electron chi connectivity index (χ1n) is 5.52. The SMILES string of the molecule is CCC(O)(CC)C(=O)Cc1cccc(Cl)c1. The topological polar surface area (TPSA) is 37.3 Å². The highest BCUT2D eigenvalue weighted by atomic mass is 35.5. The van der Waals surface area contributed by atoms with E-state index in [0.717, 1.165) is 5.56 Å². The van der Waals surface area contributed by atoms with Gasteiger partial charge in [-0.05, 0) is 30.5 Å². The molecule has 16 heavy (non-hydrogen) atoms. The molecule has 2 nitrogen and oxygen atoms in total. The minimum atomic E-state index is -1.19. The number of carbonyl (C=O) groups excluding carboxylic acids is 1. The van der Waals surface area contributed by atoms with Crippen LogP contribution in [0, 0.1) is 0 Å². The summed E-state index contributed by atoms with van der Waals surface area (Å²) in [5, 5.41) is 10.7. The zero-order valence-electron chi connectivity index (χ0n) is 9.66. The highest BCUT2D eigenvalue weighted by molar-refractivity contribution is 6.30. The quantitative estimate of drug-likeness (QED) is 0.859. The van der Waals surface area contributed by atoms with Gasteiger partial charge in [0.2, 0.25) is 0 Å². The fraction of sp³-hybridized carbons (Fsp3) is 0.462. The minimum Gasteiger partial charge on any atom is -0.382 e. The van der Waals surface area contributed by atoms with Crippen molar-refractivity contribution in [3.8, 4) is 0 Å². The predicted octanol–water partition coefficient (Wildman–Crippen LogP) is 3.00. The van der Waals surface area contributed by atoms with E-state index in [1.165, 1.54) is 0 Å². The summed E-state index contributed by atoms with van der Waals surface area (Å²) in [5.74, 6) is -0.139.